The Morgan fingerprint density at radius 2 is 1.88 bits per heavy atom. The van der Waals surface area contributed by atoms with Crippen molar-refractivity contribution in [3.8, 4) is 10.6 Å². The molecule has 2 fully saturated rings. The van der Waals surface area contributed by atoms with Gasteiger partial charge in [-0.15, -0.1) is 10.2 Å². The summed E-state index contributed by atoms with van der Waals surface area (Å²) in [4.78, 5) is 2.12. The number of hydrogen-bond acceptors (Lipinski definition) is 7. The van der Waals surface area contributed by atoms with Crippen LogP contribution in [0.2, 0.25) is 0 Å². The first kappa shape index (κ1) is 17.8. The summed E-state index contributed by atoms with van der Waals surface area (Å²) >= 11 is 1.53. The molecular weight excluding hydrogens is 372 g/mol. The maximum Gasteiger partial charge on any atom is 0.211 e. The van der Waals surface area contributed by atoms with Gasteiger partial charge in [0.1, 0.15) is 5.01 Å². The zero-order valence-electron chi connectivity index (χ0n) is 14.6. The van der Waals surface area contributed by atoms with Gasteiger partial charge in [0.15, 0.2) is 0 Å². The van der Waals surface area contributed by atoms with Gasteiger partial charge in [-0.1, -0.05) is 41.7 Å². The molecule has 9 heteroatoms. The number of benzene rings is 1. The van der Waals surface area contributed by atoms with Crippen LogP contribution in [0.5, 0.6) is 0 Å². The number of hydrogen-bond donors (Lipinski definition) is 1. The number of fused-ring (bicyclic) bond motifs is 1. The minimum atomic E-state index is -3.24. The van der Waals surface area contributed by atoms with Crippen molar-refractivity contribution in [2.45, 2.75) is 18.4 Å². The monoisotopic (exact) mass is 394 g/mol. The van der Waals surface area contributed by atoms with Gasteiger partial charge in [-0.2, -0.15) is 0 Å². The van der Waals surface area contributed by atoms with Crippen LogP contribution in [0.15, 0.2) is 30.3 Å². The first-order valence-corrected chi connectivity index (χ1v) is 11.3. The standard InChI is InChI=1S/C17H22N4O3S2/c1-26(23,24)21-10-8-17(22)7-9-20(11-14(17)12-21)16-19-18-15(25-16)13-5-3-2-4-6-13/h2-6,14,22H,7-12H2,1H3/t14-,17-/m1/s1. The molecule has 2 aliphatic heterocycles. The van der Waals surface area contributed by atoms with E-state index < -0.39 is 15.6 Å². The van der Waals surface area contributed by atoms with Crippen molar-refractivity contribution in [3.63, 3.8) is 0 Å². The third-order valence-electron chi connectivity index (χ3n) is 5.41. The first-order valence-electron chi connectivity index (χ1n) is 8.66. The van der Waals surface area contributed by atoms with Crippen LogP contribution in [-0.4, -0.2) is 66.1 Å². The van der Waals surface area contributed by atoms with Gasteiger partial charge in [0.05, 0.1) is 11.9 Å². The van der Waals surface area contributed by atoms with E-state index in [1.54, 1.807) is 0 Å². The highest BCUT2D eigenvalue weighted by Gasteiger charge is 2.47. The van der Waals surface area contributed by atoms with Gasteiger partial charge < -0.3 is 10.0 Å². The van der Waals surface area contributed by atoms with Gasteiger partial charge in [0, 0.05) is 37.7 Å². The highest BCUT2D eigenvalue weighted by atomic mass is 32.2. The van der Waals surface area contributed by atoms with Crippen molar-refractivity contribution in [3.05, 3.63) is 30.3 Å². The second-order valence-corrected chi connectivity index (χ2v) is 10.1. The summed E-state index contributed by atoms with van der Waals surface area (Å²) in [5.74, 6) is -0.121. The average Bonchev–Trinajstić information content (AvgIpc) is 3.10. The molecule has 0 aliphatic carbocycles. The molecule has 2 saturated heterocycles. The van der Waals surface area contributed by atoms with Gasteiger partial charge in [-0.25, -0.2) is 12.7 Å². The van der Waals surface area contributed by atoms with Crippen LogP contribution >= 0.6 is 11.3 Å². The fraction of sp³-hybridized carbons (Fsp3) is 0.529. The summed E-state index contributed by atoms with van der Waals surface area (Å²) in [7, 11) is -3.24. The number of sulfonamides is 1. The van der Waals surface area contributed by atoms with Crippen LogP contribution in [0.3, 0.4) is 0 Å². The second-order valence-electron chi connectivity index (χ2n) is 7.12. The van der Waals surface area contributed by atoms with Crippen LogP contribution in [0.25, 0.3) is 10.6 Å². The lowest BCUT2D eigenvalue weighted by Gasteiger charge is -2.49. The summed E-state index contributed by atoms with van der Waals surface area (Å²) in [6.07, 6.45) is 2.34. The minimum Gasteiger partial charge on any atom is -0.389 e. The number of nitrogens with zero attached hydrogens (tertiary/aromatic N) is 4. The molecule has 2 aliphatic rings. The van der Waals surface area contributed by atoms with Crippen LogP contribution < -0.4 is 4.90 Å². The van der Waals surface area contributed by atoms with Crippen LogP contribution in [0, 0.1) is 5.92 Å². The van der Waals surface area contributed by atoms with Crippen molar-refractivity contribution < 1.29 is 13.5 Å². The lowest BCUT2D eigenvalue weighted by atomic mass is 9.76. The van der Waals surface area contributed by atoms with E-state index in [-0.39, 0.29) is 5.92 Å². The molecule has 0 spiro atoms. The molecule has 1 N–H and O–H groups in total. The molecule has 0 saturated carbocycles. The van der Waals surface area contributed by atoms with Gasteiger partial charge in [-0.3, -0.25) is 0 Å². The molecule has 4 rings (SSSR count). The molecule has 0 radical (unpaired) electrons. The Bertz CT molecular complexity index is 886. The smallest absolute Gasteiger partial charge is 0.211 e. The highest BCUT2D eigenvalue weighted by molar-refractivity contribution is 7.88. The van der Waals surface area contributed by atoms with Crippen molar-refractivity contribution in [2.75, 3.05) is 37.3 Å². The van der Waals surface area contributed by atoms with Crippen LogP contribution in [0.1, 0.15) is 12.8 Å². The maximum absolute atomic E-state index is 11.9. The fourth-order valence-corrected chi connectivity index (χ4v) is 5.55. The molecule has 2 aromatic rings. The van der Waals surface area contributed by atoms with Crippen LogP contribution in [-0.2, 0) is 10.0 Å². The van der Waals surface area contributed by atoms with E-state index in [9.17, 15) is 13.5 Å². The molecule has 0 bridgehead atoms. The number of aromatic nitrogens is 2. The lowest BCUT2D eigenvalue weighted by Crippen LogP contribution is -2.60. The first-order chi connectivity index (χ1) is 12.4. The molecule has 3 heterocycles. The van der Waals surface area contributed by atoms with Crippen molar-refractivity contribution in [2.24, 2.45) is 5.92 Å². The zero-order chi connectivity index (χ0) is 18.4. The van der Waals surface area contributed by atoms with E-state index in [0.29, 0.717) is 39.0 Å². The summed E-state index contributed by atoms with van der Waals surface area (Å²) in [6.45, 7) is 2.04. The highest BCUT2D eigenvalue weighted by Crippen LogP contribution is 2.39. The van der Waals surface area contributed by atoms with Crippen molar-refractivity contribution in [1.29, 1.82) is 0 Å². The molecule has 140 valence electrons. The summed E-state index contributed by atoms with van der Waals surface area (Å²) < 4.78 is 25.3. The second kappa shape index (κ2) is 6.56. The lowest BCUT2D eigenvalue weighted by molar-refractivity contribution is -0.0687. The average molecular weight is 395 g/mol. The normalized spacial score (nSPS) is 27.3. The van der Waals surface area contributed by atoms with E-state index in [2.05, 4.69) is 15.1 Å². The van der Waals surface area contributed by atoms with E-state index in [1.807, 2.05) is 30.3 Å². The Balaban J connectivity index is 1.52. The summed E-state index contributed by atoms with van der Waals surface area (Å²) in [5.41, 5.74) is 0.246. The Morgan fingerprint density at radius 1 is 1.15 bits per heavy atom. The largest absolute Gasteiger partial charge is 0.389 e. The van der Waals surface area contributed by atoms with Gasteiger partial charge >= 0.3 is 0 Å². The molecular formula is C17H22N4O3S2. The Labute approximate surface area is 157 Å². The quantitative estimate of drug-likeness (QED) is 0.847. The number of anilines is 1. The van der Waals surface area contributed by atoms with E-state index >= 15 is 0 Å². The molecule has 1 aromatic carbocycles. The zero-order valence-corrected chi connectivity index (χ0v) is 16.2. The molecule has 2 atom stereocenters. The fourth-order valence-electron chi connectivity index (χ4n) is 3.79. The molecule has 1 aromatic heterocycles. The SMILES string of the molecule is CS(=O)(=O)N1CC[C@]2(O)CCN(c3nnc(-c4ccccc4)s3)C[C@@H]2C1. The van der Waals surface area contributed by atoms with E-state index in [0.717, 1.165) is 15.7 Å². The van der Waals surface area contributed by atoms with E-state index in [1.165, 1.54) is 21.9 Å². The number of piperidine rings is 2. The van der Waals surface area contributed by atoms with Gasteiger partial charge in [0.2, 0.25) is 15.2 Å². The molecule has 0 unspecified atom stereocenters. The maximum atomic E-state index is 11.9. The molecule has 26 heavy (non-hydrogen) atoms. The molecule has 0 amide bonds. The van der Waals surface area contributed by atoms with Gasteiger partial charge in [0.25, 0.3) is 0 Å². The van der Waals surface area contributed by atoms with Gasteiger partial charge in [-0.05, 0) is 12.8 Å². The Kier molecular flexibility index (Phi) is 4.50. The topological polar surface area (TPSA) is 86.6 Å². The predicted octanol–water partition coefficient (Wildman–Crippen LogP) is 1.43. The predicted molar refractivity (Wildman–Crippen MR) is 102 cm³/mol. The van der Waals surface area contributed by atoms with Crippen molar-refractivity contribution >= 4 is 26.5 Å². The minimum absolute atomic E-state index is 0.121. The summed E-state index contributed by atoms with van der Waals surface area (Å²) in [6, 6.07) is 9.92. The van der Waals surface area contributed by atoms with Crippen molar-refractivity contribution in [1.82, 2.24) is 14.5 Å². The summed E-state index contributed by atoms with van der Waals surface area (Å²) in [5, 5.41) is 21.2. The Morgan fingerprint density at radius 3 is 2.62 bits per heavy atom. The third-order valence-corrected chi connectivity index (χ3v) is 7.71. The number of rotatable bonds is 3. The van der Waals surface area contributed by atoms with E-state index in [4.69, 9.17) is 0 Å². The van der Waals surface area contributed by atoms with Crippen LogP contribution in [0.4, 0.5) is 5.13 Å². The number of aliphatic hydroxyl groups is 1. The molecule has 7 nitrogen and oxygen atoms in total. The Hall–Kier alpha value is -1.55. The third kappa shape index (κ3) is 3.36.